The third-order valence-corrected chi connectivity index (χ3v) is 5.37. The lowest BCUT2D eigenvalue weighted by Gasteiger charge is -2.15. The largest absolute Gasteiger partial charge is 0.493 e. The van der Waals surface area contributed by atoms with Crippen LogP contribution in [0.3, 0.4) is 0 Å². The number of halogens is 1. The lowest BCUT2D eigenvalue weighted by Crippen LogP contribution is -2.38. The monoisotopic (exact) mass is 433 g/mol. The fourth-order valence-electron chi connectivity index (χ4n) is 2.50. The third kappa shape index (κ3) is 7.54. The summed E-state index contributed by atoms with van der Waals surface area (Å²) in [6, 6.07) is 13.1. The van der Waals surface area contributed by atoms with Crippen molar-refractivity contribution in [3.63, 3.8) is 0 Å². The minimum absolute atomic E-state index is 0.144. The molecule has 0 radical (unpaired) electrons. The van der Waals surface area contributed by atoms with E-state index in [0.717, 1.165) is 10.5 Å². The molecule has 0 fully saturated rings. The number of carbonyl (C=O) groups is 1. The number of rotatable bonds is 11. The van der Waals surface area contributed by atoms with Gasteiger partial charge in [0.25, 0.3) is 0 Å². The second-order valence-electron chi connectivity index (χ2n) is 6.01. The summed E-state index contributed by atoms with van der Waals surface area (Å²) < 4.78 is 16.1. The maximum absolute atomic E-state index is 12.4. The summed E-state index contributed by atoms with van der Waals surface area (Å²) in [5, 5.41) is 3.60. The molecule has 5 nitrogen and oxygen atoms in total. The fraction of sp³-hybridized carbons (Fsp3) is 0.318. The van der Waals surface area contributed by atoms with Gasteiger partial charge >= 0.3 is 0 Å². The molecule has 0 aliphatic carbocycles. The Balaban J connectivity index is 1.82. The minimum Gasteiger partial charge on any atom is -0.493 e. The van der Waals surface area contributed by atoms with Crippen molar-refractivity contribution in [3.8, 4) is 23.8 Å². The Morgan fingerprint density at radius 2 is 1.97 bits per heavy atom. The second kappa shape index (κ2) is 12.3. The van der Waals surface area contributed by atoms with Gasteiger partial charge < -0.3 is 19.5 Å². The number of ether oxygens (including phenoxy) is 3. The highest BCUT2D eigenvalue weighted by Crippen LogP contribution is 2.28. The molecule has 0 saturated heterocycles. The first kappa shape index (κ1) is 23.0. The number of thioether (sulfide) groups is 1. The van der Waals surface area contributed by atoms with Crippen molar-refractivity contribution in [2.24, 2.45) is 0 Å². The zero-order valence-electron chi connectivity index (χ0n) is 16.4. The summed E-state index contributed by atoms with van der Waals surface area (Å²) >= 11 is 7.43. The highest BCUT2D eigenvalue weighted by Gasteiger charge is 2.17. The summed E-state index contributed by atoms with van der Waals surface area (Å²) in [5.41, 5.74) is 1.01. The molecule has 0 bridgehead atoms. The van der Waals surface area contributed by atoms with Crippen molar-refractivity contribution in [2.45, 2.75) is 17.4 Å². The van der Waals surface area contributed by atoms with Crippen LogP contribution in [-0.2, 0) is 16.0 Å². The summed E-state index contributed by atoms with van der Waals surface area (Å²) in [6.45, 7) is 0.663. The molecule has 1 N–H and O–H groups in total. The molecule has 0 aliphatic rings. The average Bonchev–Trinajstić information content (AvgIpc) is 2.74. The van der Waals surface area contributed by atoms with E-state index in [1.54, 1.807) is 18.9 Å². The zero-order valence-corrected chi connectivity index (χ0v) is 18.0. The molecule has 1 amide bonds. The Morgan fingerprint density at radius 3 is 2.62 bits per heavy atom. The molecule has 0 saturated carbocycles. The van der Waals surface area contributed by atoms with Gasteiger partial charge in [-0.25, -0.2) is 0 Å². The molecule has 2 aromatic carbocycles. The van der Waals surface area contributed by atoms with Crippen LogP contribution in [0.1, 0.15) is 5.56 Å². The van der Waals surface area contributed by atoms with Crippen molar-refractivity contribution < 1.29 is 19.0 Å². The first-order valence-corrected chi connectivity index (χ1v) is 10.4. The van der Waals surface area contributed by atoms with Gasteiger partial charge in [0.2, 0.25) is 5.91 Å². The quantitative estimate of drug-likeness (QED) is 0.431. The standard InChI is InChI=1S/C22H24ClNO4S/c1-4-13-28-19-10-5-16(14-20(19)26-2)11-12-24-22(25)21(27-3)15-29-18-8-6-17(23)7-9-18/h1,5-10,14,21H,11-13,15H2,2-3H3,(H,24,25). The van der Waals surface area contributed by atoms with Crippen molar-refractivity contribution >= 4 is 29.3 Å². The van der Waals surface area contributed by atoms with Crippen LogP contribution in [0.5, 0.6) is 11.5 Å². The van der Waals surface area contributed by atoms with Crippen molar-refractivity contribution in [2.75, 3.05) is 33.1 Å². The lowest BCUT2D eigenvalue weighted by molar-refractivity contribution is -0.129. The number of hydrogen-bond donors (Lipinski definition) is 1. The summed E-state index contributed by atoms with van der Waals surface area (Å²) in [4.78, 5) is 13.4. The third-order valence-electron chi connectivity index (χ3n) is 4.04. The first-order chi connectivity index (χ1) is 14.1. The van der Waals surface area contributed by atoms with Gasteiger partial charge in [-0.1, -0.05) is 23.6 Å². The molecule has 0 aliphatic heterocycles. The Labute approximate surface area is 181 Å². The maximum Gasteiger partial charge on any atom is 0.250 e. The van der Waals surface area contributed by atoms with E-state index < -0.39 is 6.10 Å². The van der Waals surface area contributed by atoms with Gasteiger partial charge in [0.15, 0.2) is 11.5 Å². The minimum atomic E-state index is -0.537. The number of terminal acetylenes is 1. The predicted octanol–water partition coefficient (Wildman–Crippen LogP) is 3.83. The summed E-state index contributed by atoms with van der Waals surface area (Å²) in [6.07, 6.45) is 5.33. The molecule has 154 valence electrons. The van der Waals surface area contributed by atoms with E-state index in [9.17, 15) is 4.79 Å². The smallest absolute Gasteiger partial charge is 0.250 e. The van der Waals surface area contributed by atoms with Gasteiger partial charge in [-0.15, -0.1) is 18.2 Å². The van der Waals surface area contributed by atoms with Crippen LogP contribution < -0.4 is 14.8 Å². The fourth-order valence-corrected chi connectivity index (χ4v) is 3.59. The molecule has 1 unspecified atom stereocenters. The predicted molar refractivity (Wildman–Crippen MR) is 117 cm³/mol. The van der Waals surface area contributed by atoms with Gasteiger partial charge in [-0.3, -0.25) is 4.79 Å². The highest BCUT2D eigenvalue weighted by molar-refractivity contribution is 7.99. The van der Waals surface area contributed by atoms with Gasteiger partial charge in [-0.2, -0.15) is 0 Å². The van der Waals surface area contributed by atoms with Gasteiger partial charge in [0.1, 0.15) is 12.7 Å². The van der Waals surface area contributed by atoms with Crippen LogP contribution in [-0.4, -0.2) is 45.1 Å². The number of nitrogens with one attached hydrogen (secondary N) is 1. The Hall–Kier alpha value is -2.33. The molecule has 0 heterocycles. The van der Waals surface area contributed by atoms with Crippen molar-refractivity contribution in [3.05, 3.63) is 53.1 Å². The Bertz CT molecular complexity index is 836. The van der Waals surface area contributed by atoms with Crippen LogP contribution in [0, 0.1) is 12.3 Å². The zero-order chi connectivity index (χ0) is 21.1. The van der Waals surface area contributed by atoms with Crippen LogP contribution in [0.15, 0.2) is 47.4 Å². The van der Waals surface area contributed by atoms with E-state index in [4.69, 9.17) is 32.2 Å². The molecule has 7 heteroatoms. The first-order valence-electron chi connectivity index (χ1n) is 8.99. The van der Waals surface area contributed by atoms with E-state index in [1.165, 1.54) is 7.11 Å². The average molecular weight is 434 g/mol. The molecular weight excluding hydrogens is 410 g/mol. The van der Waals surface area contributed by atoms with E-state index >= 15 is 0 Å². The topological polar surface area (TPSA) is 56.8 Å². The molecule has 0 aromatic heterocycles. The number of methoxy groups -OCH3 is 2. The maximum atomic E-state index is 12.4. The van der Waals surface area contributed by atoms with E-state index in [0.29, 0.717) is 35.2 Å². The summed E-state index contributed by atoms with van der Waals surface area (Å²) in [7, 11) is 3.11. The van der Waals surface area contributed by atoms with Crippen molar-refractivity contribution in [1.29, 1.82) is 0 Å². The lowest BCUT2D eigenvalue weighted by atomic mass is 10.1. The van der Waals surface area contributed by atoms with Gasteiger partial charge in [0, 0.05) is 29.3 Å². The van der Waals surface area contributed by atoms with Gasteiger partial charge in [-0.05, 0) is 48.4 Å². The van der Waals surface area contributed by atoms with E-state index in [1.807, 2.05) is 42.5 Å². The number of carbonyl (C=O) groups excluding carboxylic acids is 1. The number of amides is 1. The number of hydrogen-bond acceptors (Lipinski definition) is 5. The second-order valence-corrected chi connectivity index (χ2v) is 7.54. The van der Waals surface area contributed by atoms with E-state index in [-0.39, 0.29) is 12.5 Å². The normalized spacial score (nSPS) is 11.4. The van der Waals surface area contributed by atoms with Crippen LogP contribution in [0.4, 0.5) is 0 Å². The van der Waals surface area contributed by atoms with Crippen LogP contribution >= 0.6 is 23.4 Å². The van der Waals surface area contributed by atoms with Gasteiger partial charge in [0.05, 0.1) is 7.11 Å². The Morgan fingerprint density at radius 1 is 1.21 bits per heavy atom. The van der Waals surface area contributed by atoms with Crippen LogP contribution in [0.25, 0.3) is 0 Å². The molecule has 29 heavy (non-hydrogen) atoms. The number of benzene rings is 2. The molecule has 2 aromatic rings. The highest BCUT2D eigenvalue weighted by atomic mass is 35.5. The SMILES string of the molecule is C#CCOc1ccc(CCNC(=O)C(CSc2ccc(Cl)cc2)OC)cc1OC. The van der Waals surface area contributed by atoms with Crippen LogP contribution in [0.2, 0.25) is 5.02 Å². The molecule has 1 atom stereocenters. The summed E-state index contributed by atoms with van der Waals surface area (Å²) in [5.74, 6) is 4.00. The molecule has 0 spiro atoms. The molecular formula is C22H24ClNO4S. The molecule has 2 rings (SSSR count). The van der Waals surface area contributed by atoms with Crippen molar-refractivity contribution in [1.82, 2.24) is 5.32 Å². The van der Waals surface area contributed by atoms with E-state index in [2.05, 4.69) is 11.2 Å². The Kier molecular flexibility index (Phi) is 9.72.